The maximum absolute atomic E-state index is 2.59. The van der Waals surface area contributed by atoms with Gasteiger partial charge in [0.15, 0.2) is 0 Å². The van der Waals surface area contributed by atoms with Crippen molar-refractivity contribution in [3.8, 4) is 11.1 Å². The molecular weight excluding hydrogens is 567 g/mol. The molecule has 39 heavy (non-hydrogen) atoms. The molecule has 0 amide bonds. The predicted octanol–water partition coefficient (Wildman–Crippen LogP) is 3.11. The van der Waals surface area contributed by atoms with Gasteiger partial charge in [-0.15, -0.1) is 0 Å². The van der Waals surface area contributed by atoms with Crippen LogP contribution < -0.4 is 24.8 Å². The maximum atomic E-state index is 2.59. The molecule has 192 valence electrons. The predicted molar refractivity (Wildman–Crippen MR) is 156 cm³/mol. The molecule has 0 saturated carbocycles. The van der Waals surface area contributed by atoms with Crippen molar-refractivity contribution in [1.82, 2.24) is 0 Å². The first-order chi connectivity index (χ1) is 18.1. The zero-order valence-corrected chi connectivity index (χ0v) is 26.5. The van der Waals surface area contributed by atoms with Crippen LogP contribution in [0.2, 0.25) is 13.1 Å². The number of benzene rings is 3. The molecule has 0 saturated heterocycles. The van der Waals surface area contributed by atoms with E-state index in [0.29, 0.717) is 11.8 Å². The van der Waals surface area contributed by atoms with Gasteiger partial charge in [-0.05, 0) is 0 Å². The first kappa shape index (κ1) is 28.2. The summed E-state index contributed by atoms with van der Waals surface area (Å²) in [4.78, 5) is 0. The van der Waals surface area contributed by atoms with Crippen molar-refractivity contribution in [3.05, 3.63) is 154 Å². The minimum Gasteiger partial charge on any atom is -1.00 e. The van der Waals surface area contributed by atoms with E-state index >= 15 is 0 Å². The third-order valence-electron chi connectivity index (χ3n) is 8.21. The van der Waals surface area contributed by atoms with E-state index < -0.39 is 22.8 Å². The first-order valence-corrected chi connectivity index (χ1v) is 19.7. The van der Waals surface area contributed by atoms with E-state index in [0.717, 1.165) is 0 Å². The number of halogens is 2. The summed E-state index contributed by atoms with van der Waals surface area (Å²) in [6.07, 6.45) is 18.2. The smallest absolute Gasteiger partial charge is 1.00 e. The van der Waals surface area contributed by atoms with Crippen molar-refractivity contribution in [1.29, 1.82) is 0 Å². The van der Waals surface area contributed by atoms with Crippen LogP contribution in [0.25, 0.3) is 18.9 Å². The second-order valence-corrected chi connectivity index (χ2v) is 22.2. The fourth-order valence-electron chi connectivity index (χ4n) is 6.61. The second-order valence-electron chi connectivity index (χ2n) is 10.7. The molecule has 0 nitrogen and oxygen atoms in total. The Bertz CT molecular complexity index is 1700. The average Bonchev–Trinajstić information content (AvgIpc) is 3.42. The van der Waals surface area contributed by atoms with Gasteiger partial charge in [0.1, 0.15) is 0 Å². The van der Waals surface area contributed by atoms with E-state index in [2.05, 4.69) is 135 Å². The van der Waals surface area contributed by atoms with Crippen molar-refractivity contribution in [3.63, 3.8) is 0 Å². The summed E-state index contributed by atoms with van der Waals surface area (Å²) >= 11 is -1.91. The molecular formula is C35H30Cl2SiTi. The topological polar surface area (TPSA) is 0 Å². The van der Waals surface area contributed by atoms with Gasteiger partial charge in [-0.3, -0.25) is 0 Å². The Morgan fingerprint density at radius 2 is 1.18 bits per heavy atom. The van der Waals surface area contributed by atoms with E-state index in [1.807, 2.05) is 0 Å². The molecule has 4 heteroatoms. The molecule has 0 radical (unpaired) electrons. The van der Waals surface area contributed by atoms with Crippen LogP contribution >= 0.6 is 0 Å². The largest absolute Gasteiger partial charge is 1.00 e. The quantitative estimate of drug-likeness (QED) is 0.408. The van der Waals surface area contributed by atoms with E-state index in [1.54, 1.807) is 24.5 Å². The number of allylic oxidation sites excluding steroid dienone is 10. The van der Waals surface area contributed by atoms with Crippen LogP contribution in [0.3, 0.4) is 0 Å². The van der Waals surface area contributed by atoms with Gasteiger partial charge < -0.3 is 24.8 Å². The summed E-state index contributed by atoms with van der Waals surface area (Å²) in [6, 6.07) is 25.4. The Hall–Kier alpha value is -2.39. The fourth-order valence-corrected chi connectivity index (χ4v) is 18.2. The molecule has 2 atom stereocenters. The van der Waals surface area contributed by atoms with E-state index in [9.17, 15) is 0 Å². The standard InChI is InChI=1S/C19H13.C14H11.C2H6Si.2ClH.Ti/c1-2-6-14(7-3-1)15-10-11-19-17(12-15)13-16-8-4-5-9-18(16)19;1-10-6-7-14-12(8-10)9-11-4-2-3-5-13(11)14;1-3-2;;;/h1-12,18H;2-8,13H,1H3;1-2H3;2*1H;/q;;;;;+2/p-2. The van der Waals surface area contributed by atoms with Gasteiger partial charge in [-0.1, -0.05) is 0 Å². The average molecular weight is 597 g/mol. The fraction of sp³-hybridized carbons (Fsp3) is 0.143. The maximum Gasteiger partial charge on any atom is -1.00 e. The van der Waals surface area contributed by atoms with Crippen LogP contribution in [0.15, 0.2) is 126 Å². The third kappa shape index (κ3) is 4.59. The summed E-state index contributed by atoms with van der Waals surface area (Å²) in [5.41, 5.74) is 13.3. The molecule has 7 rings (SSSR count). The van der Waals surface area contributed by atoms with Gasteiger partial charge in [0.05, 0.1) is 0 Å². The van der Waals surface area contributed by atoms with Crippen LogP contribution in [0.5, 0.6) is 0 Å². The summed E-state index contributed by atoms with van der Waals surface area (Å²) < 4.78 is 3.47. The van der Waals surface area contributed by atoms with Gasteiger partial charge in [0.2, 0.25) is 0 Å². The zero-order valence-electron chi connectivity index (χ0n) is 22.4. The second kappa shape index (κ2) is 11.2. The minimum absolute atomic E-state index is 0. The van der Waals surface area contributed by atoms with Gasteiger partial charge in [-0.25, -0.2) is 0 Å². The van der Waals surface area contributed by atoms with Crippen molar-refractivity contribution >= 4 is 13.9 Å². The van der Waals surface area contributed by atoms with Crippen molar-refractivity contribution in [2.75, 3.05) is 0 Å². The van der Waals surface area contributed by atoms with Gasteiger partial charge in [0, 0.05) is 0 Å². The molecule has 4 aliphatic carbocycles. The molecule has 2 unspecified atom stereocenters. The number of hydrogen-bond donors (Lipinski definition) is 0. The van der Waals surface area contributed by atoms with Gasteiger partial charge >= 0.3 is 228 Å². The first-order valence-electron chi connectivity index (χ1n) is 13.3. The molecule has 4 aliphatic rings. The summed E-state index contributed by atoms with van der Waals surface area (Å²) in [7, 11) is 0. The van der Waals surface area contributed by atoms with Crippen LogP contribution in [-0.4, -0.2) is 6.19 Å². The molecule has 0 spiro atoms. The van der Waals surface area contributed by atoms with Crippen LogP contribution in [0.4, 0.5) is 0 Å². The number of fused-ring (bicyclic) bond motifs is 6. The van der Waals surface area contributed by atoms with Gasteiger partial charge in [-0.2, -0.15) is 0 Å². The monoisotopic (exact) mass is 596 g/mol. The molecule has 3 aromatic carbocycles. The van der Waals surface area contributed by atoms with Crippen molar-refractivity contribution in [2.24, 2.45) is 0 Å². The molecule has 0 aromatic heterocycles. The Kier molecular flexibility index (Phi) is 8.11. The Labute approximate surface area is 251 Å². The number of rotatable bonds is 3. The summed E-state index contributed by atoms with van der Waals surface area (Å²) in [6.45, 7) is 7.43. The number of hydrogen-bond acceptors (Lipinski definition) is 0. The summed E-state index contributed by atoms with van der Waals surface area (Å²) in [5.74, 6) is 0.810. The molecule has 3 aromatic rings. The van der Waals surface area contributed by atoms with Crippen LogP contribution in [-0.2, 0) is 16.6 Å². The van der Waals surface area contributed by atoms with Crippen LogP contribution in [0.1, 0.15) is 39.7 Å². The Morgan fingerprint density at radius 3 is 1.77 bits per heavy atom. The van der Waals surface area contributed by atoms with E-state index in [-0.39, 0.29) is 24.8 Å². The third-order valence-corrected chi connectivity index (χ3v) is 19.3. The Morgan fingerprint density at radius 1 is 0.615 bits per heavy atom. The van der Waals surface area contributed by atoms with Crippen molar-refractivity contribution in [2.45, 2.75) is 31.9 Å². The van der Waals surface area contributed by atoms with Crippen LogP contribution in [0, 0.1) is 6.92 Å². The molecule has 0 aliphatic heterocycles. The van der Waals surface area contributed by atoms with Crippen molar-refractivity contribution < 1.29 is 41.4 Å². The number of aryl methyl sites for hydroxylation is 1. The SMILES string of the molecule is Cc1ccc2c(c1)[C]([Ti+2]([C]1=C3C=CC=CC3c3ccc(-c4ccccc4)cc31)=[Si](C)C)=C1C=CC=CC12.[Cl-].[Cl-]. The molecule has 0 bridgehead atoms. The normalized spacial score (nSPS) is 18.9. The van der Waals surface area contributed by atoms with E-state index in [4.69, 9.17) is 0 Å². The Balaban J connectivity index is 0.00000154. The molecule has 0 N–H and O–H groups in total. The molecule has 0 heterocycles. The zero-order chi connectivity index (χ0) is 25.1. The minimum atomic E-state index is -1.91. The summed E-state index contributed by atoms with van der Waals surface area (Å²) in [5, 5.41) is 0. The molecule has 0 fully saturated rings. The van der Waals surface area contributed by atoms with E-state index in [1.165, 1.54) is 33.4 Å². The van der Waals surface area contributed by atoms with Gasteiger partial charge in [0.25, 0.3) is 0 Å².